The zero-order chi connectivity index (χ0) is 51.4. The summed E-state index contributed by atoms with van der Waals surface area (Å²) >= 11 is 6.65. The van der Waals surface area contributed by atoms with Gasteiger partial charge in [0.1, 0.15) is 45.7 Å². The molecule has 0 saturated heterocycles. The molecular formula is C50H65ClN6O14. The van der Waals surface area contributed by atoms with Crippen molar-refractivity contribution in [3.8, 4) is 11.5 Å². The van der Waals surface area contributed by atoms with Gasteiger partial charge < -0.3 is 62.1 Å². The summed E-state index contributed by atoms with van der Waals surface area (Å²) in [7, 11) is 13.7. The number of primary amides is 2. The second kappa shape index (κ2) is 19.5. The lowest BCUT2D eigenvalue weighted by molar-refractivity contribution is -0.155. The second-order valence-corrected chi connectivity index (χ2v) is 20.1. The monoisotopic (exact) mass is 1010 g/mol. The maximum atomic E-state index is 13.7. The molecule has 6 aliphatic rings. The molecule has 0 radical (unpaired) electrons. The predicted octanol–water partition coefficient (Wildman–Crippen LogP) is 1.98. The molecule has 2 amide bonds. The fourth-order valence-corrected chi connectivity index (χ4v) is 11.9. The van der Waals surface area contributed by atoms with Crippen LogP contribution >= 0.6 is 11.6 Å². The number of aliphatic hydroxyl groups excluding tert-OH is 4. The Morgan fingerprint density at radius 3 is 1.45 bits per heavy atom. The van der Waals surface area contributed by atoms with E-state index in [-0.39, 0.29) is 74.3 Å². The molecule has 0 aromatic heterocycles. The minimum Gasteiger partial charge on any atom is -0.508 e. The lowest BCUT2D eigenvalue weighted by atomic mass is 9.57. The van der Waals surface area contributed by atoms with Gasteiger partial charge >= 0.3 is 0 Å². The summed E-state index contributed by atoms with van der Waals surface area (Å²) in [6.45, 7) is 0.977. The summed E-state index contributed by atoms with van der Waals surface area (Å²) in [5.74, 6) is -13.3. The molecule has 0 bridgehead atoms. The Morgan fingerprint density at radius 2 is 1.04 bits per heavy atom. The number of hydrogen-bond donors (Lipinski definition) is 10. The van der Waals surface area contributed by atoms with E-state index in [4.69, 9.17) is 23.1 Å². The highest BCUT2D eigenvalue weighted by molar-refractivity contribution is 6.33. The van der Waals surface area contributed by atoms with E-state index >= 15 is 0 Å². The summed E-state index contributed by atoms with van der Waals surface area (Å²) in [6.07, 6.45) is 0.525. The van der Waals surface area contributed by atoms with Crippen molar-refractivity contribution in [3.63, 3.8) is 0 Å². The third kappa shape index (κ3) is 8.47. The maximum absolute atomic E-state index is 13.7. The van der Waals surface area contributed by atoms with E-state index in [1.165, 1.54) is 21.9 Å². The zero-order valence-corrected chi connectivity index (χ0v) is 40.0. The Kier molecular flexibility index (Phi) is 15.3. The van der Waals surface area contributed by atoms with Gasteiger partial charge in [-0.2, -0.15) is 0 Å². The van der Waals surface area contributed by atoms with Crippen molar-refractivity contribution in [2.45, 2.75) is 76.9 Å². The molecule has 2 saturated carbocycles. The van der Waals surface area contributed by atoms with E-state index < -0.39 is 116 Å². The van der Waals surface area contributed by atoms with Crippen LogP contribution < -0.4 is 11.5 Å². The van der Waals surface area contributed by atoms with Crippen molar-refractivity contribution in [3.05, 3.63) is 90.4 Å². The van der Waals surface area contributed by atoms with Gasteiger partial charge in [0, 0.05) is 41.1 Å². The van der Waals surface area contributed by atoms with Crippen molar-refractivity contribution in [2.75, 3.05) is 56.4 Å². The molecule has 0 spiro atoms. The lowest BCUT2D eigenvalue weighted by Crippen LogP contribution is -2.65. The van der Waals surface area contributed by atoms with Gasteiger partial charge in [-0.15, -0.1) is 0 Å². The van der Waals surface area contributed by atoms with Crippen LogP contribution in [0.1, 0.15) is 61.1 Å². The van der Waals surface area contributed by atoms with Crippen LogP contribution in [0.2, 0.25) is 5.02 Å². The normalized spacial score (nSPS) is 27.8. The molecule has 386 valence electrons. The van der Waals surface area contributed by atoms with Crippen LogP contribution in [-0.2, 0) is 54.7 Å². The zero-order valence-electron chi connectivity index (χ0n) is 39.3. The van der Waals surface area contributed by atoms with Crippen LogP contribution in [0.4, 0.5) is 0 Å². The lowest BCUT2D eigenvalue weighted by Gasteiger charge is -2.50. The topological polar surface area (TPSA) is 329 Å². The number of phenolic OH excluding ortho intramolecular Hbond substituents is 2. The van der Waals surface area contributed by atoms with Gasteiger partial charge in [-0.05, 0) is 128 Å². The number of ketones is 4. The number of likely N-dealkylation sites (N-methyl/N-ethyl adjacent to an activating group) is 2. The SMILES string of the molecule is C.C.CN(C)Cc1cc(O)c2c(c1)C[C@H]1C[C@H]3[C@H](N(C)C)C(=O)C(C(N)=O)=C(O)[C@@]3(O)C(=O)C1=C2O.CN(C)Cc1cc(O)c2c(c1Cl)C[C@H]1C[C@H]3[C@H](N(C)C)C(=O)C(C(N)=O)=C(O)[C@@]3(O)C(=O)C1=C2O. The summed E-state index contributed by atoms with van der Waals surface area (Å²) in [5, 5.41) is 88.7. The molecule has 8 atom stereocenters. The Morgan fingerprint density at radius 1 is 0.634 bits per heavy atom. The quantitative estimate of drug-likeness (QED) is 0.169. The number of carbonyl (C=O) groups is 6. The number of halogens is 1. The molecule has 2 fully saturated rings. The minimum atomic E-state index is -2.66. The molecule has 8 rings (SSSR count). The number of Topliss-reactive ketones (excluding diaryl/α,β-unsaturated/α-hetero) is 4. The average Bonchev–Trinajstić information content (AvgIpc) is 3.21. The molecule has 0 unspecified atom stereocenters. The number of hydrogen-bond acceptors (Lipinski definition) is 18. The Bertz CT molecular complexity index is 2790. The number of fused-ring (bicyclic) bond motifs is 6. The van der Waals surface area contributed by atoms with Gasteiger partial charge in [0.15, 0.2) is 22.8 Å². The molecule has 2 aromatic rings. The Balaban J connectivity index is 0.000000257. The number of benzene rings is 2. The number of nitrogens with two attached hydrogens (primary N) is 2. The van der Waals surface area contributed by atoms with Crippen molar-refractivity contribution in [2.24, 2.45) is 35.1 Å². The van der Waals surface area contributed by atoms with Crippen molar-refractivity contribution in [1.82, 2.24) is 19.6 Å². The number of amides is 2. The maximum Gasteiger partial charge on any atom is 0.255 e. The summed E-state index contributed by atoms with van der Waals surface area (Å²) in [4.78, 5) is 84.3. The largest absolute Gasteiger partial charge is 0.508 e. The van der Waals surface area contributed by atoms with Crippen LogP contribution in [0, 0.1) is 23.7 Å². The van der Waals surface area contributed by atoms with Crippen LogP contribution in [0.5, 0.6) is 11.5 Å². The molecule has 0 heterocycles. The van der Waals surface area contributed by atoms with E-state index in [1.54, 1.807) is 28.2 Å². The first-order valence-corrected chi connectivity index (χ1v) is 22.4. The number of aromatic hydroxyl groups is 2. The van der Waals surface area contributed by atoms with E-state index in [0.29, 0.717) is 34.8 Å². The van der Waals surface area contributed by atoms with Crippen molar-refractivity contribution in [1.29, 1.82) is 0 Å². The number of nitrogens with zero attached hydrogens (tertiary/aromatic N) is 4. The van der Waals surface area contributed by atoms with Gasteiger partial charge in [-0.3, -0.25) is 38.6 Å². The van der Waals surface area contributed by atoms with Gasteiger partial charge in [-0.1, -0.05) is 32.5 Å². The molecule has 21 heteroatoms. The highest BCUT2D eigenvalue weighted by Crippen LogP contribution is 2.55. The first-order chi connectivity index (χ1) is 32.0. The van der Waals surface area contributed by atoms with Crippen LogP contribution in [0.25, 0.3) is 11.5 Å². The Labute approximate surface area is 416 Å². The van der Waals surface area contributed by atoms with Gasteiger partial charge in [0.2, 0.25) is 11.6 Å². The van der Waals surface area contributed by atoms with Gasteiger partial charge in [0.05, 0.1) is 23.2 Å². The molecule has 12 N–H and O–H groups in total. The fraction of sp³-hybridized carbons (Fsp3) is 0.480. The third-order valence-electron chi connectivity index (χ3n) is 14.3. The van der Waals surface area contributed by atoms with E-state index in [0.717, 1.165) is 5.56 Å². The highest BCUT2D eigenvalue weighted by atomic mass is 35.5. The standard InChI is InChI=1S/C24H28ClN3O7.C24H29N3O7.2CH4/c1-27(2)8-10-7-13(29)15-11(17(10)25)5-9-6-12-18(28(3)4)20(31)16(23(26)34)22(33)24(12,35)21(32)14(9)19(15)30;1-26(2)9-10-5-11-7-12-8-13-18(27(3)4)20(30)17(23(25)33)22(32)24(13,34)21(31)16(12)19(29)15(11)14(28)6-10;;/h7,9,12,18,29-30,33,35H,5-6,8H2,1-4H3,(H2,26,34);5-6,12-13,18,28-29,32,34H,7-9H2,1-4H3,(H2,25,33);2*1H4/t9-,12-,18-,24-;12-,13-,18-,24-;;/m00../s1. The van der Waals surface area contributed by atoms with Crippen molar-refractivity contribution >= 4 is 58.1 Å². The van der Waals surface area contributed by atoms with Crippen molar-refractivity contribution < 1.29 is 69.6 Å². The van der Waals surface area contributed by atoms with E-state index in [2.05, 4.69) is 0 Å². The molecule has 20 nitrogen and oxygen atoms in total. The van der Waals surface area contributed by atoms with E-state index in [1.807, 2.05) is 44.1 Å². The van der Waals surface area contributed by atoms with Crippen LogP contribution in [0.3, 0.4) is 0 Å². The molecule has 71 heavy (non-hydrogen) atoms. The second-order valence-electron chi connectivity index (χ2n) is 19.8. The third-order valence-corrected chi connectivity index (χ3v) is 14.8. The highest BCUT2D eigenvalue weighted by Gasteiger charge is 2.66. The van der Waals surface area contributed by atoms with Gasteiger partial charge in [-0.25, -0.2) is 0 Å². The molecular weight excluding hydrogens is 944 g/mol. The number of phenols is 2. The first-order valence-electron chi connectivity index (χ1n) is 22.0. The van der Waals surface area contributed by atoms with Crippen LogP contribution in [0.15, 0.2) is 52.0 Å². The fourth-order valence-electron chi connectivity index (χ4n) is 11.6. The van der Waals surface area contributed by atoms with Crippen LogP contribution in [-0.4, -0.2) is 175 Å². The summed E-state index contributed by atoms with van der Waals surface area (Å²) in [5.41, 5.74) is 5.95. The summed E-state index contributed by atoms with van der Waals surface area (Å²) < 4.78 is 0. The van der Waals surface area contributed by atoms with Gasteiger partial charge in [0.25, 0.3) is 11.8 Å². The summed E-state index contributed by atoms with van der Waals surface area (Å²) in [6, 6.07) is 2.55. The predicted molar refractivity (Wildman–Crippen MR) is 262 cm³/mol. The molecule has 2 aromatic carbocycles. The number of carbonyl (C=O) groups excluding carboxylic acids is 6. The Hall–Kier alpha value is -6.13. The minimum absolute atomic E-state index is 0. The molecule has 6 aliphatic carbocycles. The van der Waals surface area contributed by atoms with E-state index in [9.17, 15) is 69.6 Å². The number of rotatable bonds is 8. The first kappa shape index (κ1) is 55.8. The number of aliphatic hydroxyl groups is 6. The smallest absolute Gasteiger partial charge is 0.255 e. The molecule has 0 aliphatic heterocycles. The average molecular weight is 1010 g/mol.